The van der Waals surface area contributed by atoms with Crippen molar-refractivity contribution in [2.24, 2.45) is 5.92 Å². The number of amides is 2. The lowest BCUT2D eigenvalue weighted by atomic mass is 9.95. The van der Waals surface area contributed by atoms with E-state index in [0.29, 0.717) is 37.8 Å². The molecule has 2 aromatic heterocycles. The van der Waals surface area contributed by atoms with E-state index in [1.54, 1.807) is 23.6 Å². The molecule has 0 unspecified atom stereocenters. The summed E-state index contributed by atoms with van der Waals surface area (Å²) >= 11 is 1.58. The van der Waals surface area contributed by atoms with Crippen LogP contribution in [0.4, 0.5) is 14.6 Å². The minimum Gasteiger partial charge on any atom is -0.339 e. The van der Waals surface area contributed by atoms with E-state index in [1.807, 2.05) is 30.3 Å². The second kappa shape index (κ2) is 9.26. The number of benzene rings is 2. The lowest BCUT2D eigenvalue weighted by molar-refractivity contribution is -0.121. The first-order valence-electron chi connectivity index (χ1n) is 10.8. The molecule has 1 aliphatic rings. The predicted octanol–water partition coefficient (Wildman–Crippen LogP) is 5.13. The summed E-state index contributed by atoms with van der Waals surface area (Å²) in [6.07, 6.45) is 2.58. The molecule has 172 valence electrons. The lowest BCUT2D eigenvalue weighted by Crippen LogP contribution is -2.41. The summed E-state index contributed by atoms with van der Waals surface area (Å²) < 4.78 is 28.1. The predicted molar refractivity (Wildman–Crippen MR) is 126 cm³/mol. The van der Waals surface area contributed by atoms with Crippen molar-refractivity contribution < 1.29 is 18.4 Å². The SMILES string of the molecule is O=C(Nc1ccc(-c2nc3ccccc3s2)cn1)C1CCN(C(=O)c2ccc(F)cc2F)CC1. The van der Waals surface area contributed by atoms with Crippen LogP contribution in [0.3, 0.4) is 0 Å². The first-order valence-corrected chi connectivity index (χ1v) is 11.7. The number of nitrogens with zero attached hydrogens (tertiary/aromatic N) is 3. The second-order valence-electron chi connectivity index (χ2n) is 8.10. The van der Waals surface area contributed by atoms with E-state index in [9.17, 15) is 18.4 Å². The summed E-state index contributed by atoms with van der Waals surface area (Å²) in [6, 6.07) is 14.4. The Hall–Kier alpha value is -3.72. The number of anilines is 1. The van der Waals surface area contributed by atoms with E-state index < -0.39 is 17.5 Å². The number of halogens is 2. The standard InChI is InChI=1S/C25H20F2N4O2S/c26-17-6-7-18(19(27)13-17)25(33)31-11-9-15(10-12-31)23(32)30-22-8-5-16(14-28-22)24-29-20-3-1-2-4-21(20)34-24/h1-8,13-15H,9-12H2,(H,28,30,32). The molecule has 3 heterocycles. The Morgan fingerprint density at radius 3 is 2.53 bits per heavy atom. The van der Waals surface area contributed by atoms with Crippen LogP contribution < -0.4 is 5.32 Å². The molecule has 0 radical (unpaired) electrons. The Morgan fingerprint density at radius 1 is 1.03 bits per heavy atom. The molecule has 1 saturated heterocycles. The van der Waals surface area contributed by atoms with Crippen molar-refractivity contribution in [1.29, 1.82) is 0 Å². The highest BCUT2D eigenvalue weighted by molar-refractivity contribution is 7.21. The summed E-state index contributed by atoms with van der Waals surface area (Å²) in [5.74, 6) is -2.12. The molecule has 0 spiro atoms. The number of hydrogen-bond acceptors (Lipinski definition) is 5. The highest BCUT2D eigenvalue weighted by atomic mass is 32.1. The van der Waals surface area contributed by atoms with Gasteiger partial charge in [0.25, 0.3) is 5.91 Å². The van der Waals surface area contributed by atoms with Crippen LogP contribution in [0.5, 0.6) is 0 Å². The van der Waals surface area contributed by atoms with Crippen LogP contribution in [0.2, 0.25) is 0 Å². The third kappa shape index (κ3) is 4.51. The van der Waals surface area contributed by atoms with Gasteiger partial charge >= 0.3 is 0 Å². The zero-order valence-electron chi connectivity index (χ0n) is 18.0. The number of carbonyl (C=O) groups is 2. The van der Waals surface area contributed by atoms with Gasteiger partial charge in [-0.2, -0.15) is 0 Å². The Morgan fingerprint density at radius 2 is 1.82 bits per heavy atom. The van der Waals surface area contributed by atoms with Gasteiger partial charge in [-0.3, -0.25) is 9.59 Å². The smallest absolute Gasteiger partial charge is 0.256 e. The van der Waals surface area contributed by atoms with E-state index in [1.165, 1.54) is 4.90 Å². The number of hydrogen-bond donors (Lipinski definition) is 1. The Kier molecular flexibility index (Phi) is 6.02. The molecule has 9 heteroatoms. The molecular weight excluding hydrogens is 458 g/mol. The number of pyridine rings is 1. The maximum atomic E-state index is 13.9. The highest BCUT2D eigenvalue weighted by Gasteiger charge is 2.29. The van der Waals surface area contributed by atoms with Gasteiger partial charge in [0.1, 0.15) is 22.5 Å². The number of piperidine rings is 1. The largest absolute Gasteiger partial charge is 0.339 e. The highest BCUT2D eigenvalue weighted by Crippen LogP contribution is 2.30. The Labute approximate surface area is 198 Å². The van der Waals surface area contributed by atoms with Gasteiger partial charge in [-0.1, -0.05) is 12.1 Å². The number of fused-ring (bicyclic) bond motifs is 1. The average molecular weight is 479 g/mol. The number of para-hydroxylation sites is 1. The van der Waals surface area contributed by atoms with E-state index in [0.717, 1.165) is 32.9 Å². The molecule has 0 atom stereocenters. The zero-order valence-corrected chi connectivity index (χ0v) is 18.8. The molecule has 34 heavy (non-hydrogen) atoms. The lowest BCUT2D eigenvalue weighted by Gasteiger charge is -2.31. The van der Waals surface area contributed by atoms with Crippen molar-refractivity contribution in [3.8, 4) is 10.6 Å². The molecule has 1 aliphatic heterocycles. The topological polar surface area (TPSA) is 75.2 Å². The summed E-state index contributed by atoms with van der Waals surface area (Å²) in [4.78, 5) is 35.7. The van der Waals surface area contributed by atoms with Crippen LogP contribution in [0.25, 0.3) is 20.8 Å². The molecule has 6 nitrogen and oxygen atoms in total. The number of nitrogens with one attached hydrogen (secondary N) is 1. The van der Waals surface area contributed by atoms with Crippen LogP contribution in [0.1, 0.15) is 23.2 Å². The van der Waals surface area contributed by atoms with Crippen LogP contribution >= 0.6 is 11.3 Å². The molecular formula is C25H20F2N4O2S. The van der Waals surface area contributed by atoms with Crippen molar-refractivity contribution >= 4 is 39.2 Å². The molecule has 2 aromatic carbocycles. The van der Waals surface area contributed by atoms with Crippen molar-refractivity contribution in [2.75, 3.05) is 18.4 Å². The van der Waals surface area contributed by atoms with Crippen molar-refractivity contribution in [1.82, 2.24) is 14.9 Å². The van der Waals surface area contributed by atoms with Gasteiger partial charge in [0.2, 0.25) is 5.91 Å². The fourth-order valence-electron chi connectivity index (χ4n) is 4.00. The maximum Gasteiger partial charge on any atom is 0.256 e. The van der Waals surface area contributed by atoms with Gasteiger partial charge in [-0.15, -0.1) is 11.3 Å². The minimum absolute atomic E-state index is 0.165. The van der Waals surface area contributed by atoms with Gasteiger partial charge < -0.3 is 10.2 Å². The summed E-state index contributed by atoms with van der Waals surface area (Å²) in [6.45, 7) is 0.634. The summed E-state index contributed by atoms with van der Waals surface area (Å²) in [5, 5.41) is 3.70. The number of likely N-dealkylation sites (tertiary alicyclic amines) is 1. The fourth-order valence-corrected chi connectivity index (χ4v) is 4.95. The molecule has 2 amide bonds. The van der Waals surface area contributed by atoms with E-state index in [2.05, 4.69) is 15.3 Å². The molecule has 1 fully saturated rings. The molecule has 0 bridgehead atoms. The van der Waals surface area contributed by atoms with Crippen molar-refractivity contribution in [2.45, 2.75) is 12.8 Å². The summed E-state index contributed by atoms with van der Waals surface area (Å²) in [5.41, 5.74) is 1.65. The van der Waals surface area contributed by atoms with Gasteiger partial charge in [-0.05, 0) is 49.2 Å². The van der Waals surface area contributed by atoms with Crippen molar-refractivity contribution in [3.05, 3.63) is 78.0 Å². The second-order valence-corrected chi connectivity index (χ2v) is 9.13. The van der Waals surface area contributed by atoms with E-state index in [4.69, 9.17) is 0 Å². The third-order valence-electron chi connectivity index (χ3n) is 5.87. The number of rotatable bonds is 4. The molecule has 4 aromatic rings. The molecule has 0 aliphatic carbocycles. The number of thiazole rings is 1. The first-order chi connectivity index (χ1) is 16.5. The van der Waals surface area contributed by atoms with E-state index in [-0.39, 0.29) is 17.4 Å². The van der Waals surface area contributed by atoms with Gasteiger partial charge in [0.05, 0.1) is 15.8 Å². The molecule has 1 N–H and O–H groups in total. The Bertz CT molecular complexity index is 1330. The monoisotopic (exact) mass is 478 g/mol. The summed E-state index contributed by atoms with van der Waals surface area (Å²) in [7, 11) is 0. The van der Waals surface area contributed by atoms with Crippen LogP contribution in [-0.4, -0.2) is 39.8 Å². The third-order valence-corrected chi connectivity index (χ3v) is 6.96. The van der Waals surface area contributed by atoms with Crippen molar-refractivity contribution in [3.63, 3.8) is 0 Å². The first kappa shape index (κ1) is 22.1. The average Bonchev–Trinajstić information content (AvgIpc) is 3.29. The number of carbonyl (C=O) groups excluding carboxylic acids is 2. The van der Waals surface area contributed by atoms with Crippen LogP contribution in [0.15, 0.2) is 60.8 Å². The quantitative estimate of drug-likeness (QED) is 0.441. The van der Waals surface area contributed by atoms with Gasteiger partial charge in [0, 0.05) is 36.8 Å². The fraction of sp³-hybridized carbons (Fsp3) is 0.200. The molecule has 0 saturated carbocycles. The number of aromatic nitrogens is 2. The zero-order chi connectivity index (χ0) is 23.7. The Balaban J connectivity index is 1.18. The van der Waals surface area contributed by atoms with Gasteiger partial charge in [0.15, 0.2) is 0 Å². The molecule has 5 rings (SSSR count). The van der Waals surface area contributed by atoms with Crippen LogP contribution in [-0.2, 0) is 4.79 Å². The normalized spacial score (nSPS) is 14.4. The minimum atomic E-state index is -0.884. The maximum absolute atomic E-state index is 13.9. The van der Waals surface area contributed by atoms with Gasteiger partial charge in [-0.25, -0.2) is 18.7 Å². The van der Waals surface area contributed by atoms with Crippen LogP contribution in [0, 0.1) is 17.6 Å². The van der Waals surface area contributed by atoms with E-state index >= 15 is 0 Å².